The SMILES string of the molecule is O=C(CCc1ccccc1)N/N=C\c1ccccc1OCc1ccccc1Cl. The number of halogens is 1. The number of amides is 1. The van der Waals surface area contributed by atoms with Crippen molar-refractivity contribution in [2.75, 3.05) is 0 Å². The summed E-state index contributed by atoms with van der Waals surface area (Å²) in [4.78, 5) is 12.0. The number of hydrogen-bond acceptors (Lipinski definition) is 3. The molecule has 28 heavy (non-hydrogen) atoms. The molecule has 0 fully saturated rings. The molecule has 0 unspecified atom stereocenters. The van der Waals surface area contributed by atoms with E-state index in [0.29, 0.717) is 30.2 Å². The summed E-state index contributed by atoms with van der Waals surface area (Å²) in [7, 11) is 0. The highest BCUT2D eigenvalue weighted by Gasteiger charge is 2.05. The van der Waals surface area contributed by atoms with Crippen molar-refractivity contribution < 1.29 is 9.53 Å². The van der Waals surface area contributed by atoms with Gasteiger partial charge in [0, 0.05) is 22.6 Å². The van der Waals surface area contributed by atoms with Gasteiger partial charge in [0.15, 0.2) is 0 Å². The Balaban J connectivity index is 1.53. The lowest BCUT2D eigenvalue weighted by atomic mass is 10.1. The van der Waals surface area contributed by atoms with Crippen LogP contribution in [0, 0.1) is 0 Å². The standard InChI is InChI=1S/C23H21ClN2O2/c24-21-12-6-4-11-20(21)17-28-22-13-7-5-10-19(22)16-25-26-23(27)15-14-18-8-2-1-3-9-18/h1-13,16H,14-15,17H2,(H,26,27)/b25-16-. The van der Waals surface area contributed by atoms with Crippen molar-refractivity contribution in [3.05, 3.63) is 101 Å². The van der Waals surface area contributed by atoms with Crippen LogP contribution in [0.2, 0.25) is 5.02 Å². The third kappa shape index (κ3) is 5.96. The monoisotopic (exact) mass is 392 g/mol. The Morgan fingerprint density at radius 2 is 1.68 bits per heavy atom. The van der Waals surface area contributed by atoms with Gasteiger partial charge in [-0.2, -0.15) is 5.10 Å². The Bertz CT molecular complexity index is 942. The van der Waals surface area contributed by atoms with E-state index in [9.17, 15) is 4.79 Å². The van der Waals surface area contributed by atoms with Crippen LogP contribution < -0.4 is 10.2 Å². The van der Waals surface area contributed by atoms with Gasteiger partial charge >= 0.3 is 0 Å². The number of hydrazone groups is 1. The van der Waals surface area contributed by atoms with E-state index in [2.05, 4.69) is 10.5 Å². The van der Waals surface area contributed by atoms with Gasteiger partial charge in [-0.15, -0.1) is 0 Å². The molecule has 0 aliphatic rings. The predicted octanol–water partition coefficient (Wildman–Crippen LogP) is 5.00. The molecule has 0 spiro atoms. The Morgan fingerprint density at radius 3 is 2.50 bits per heavy atom. The number of nitrogens with one attached hydrogen (secondary N) is 1. The minimum Gasteiger partial charge on any atom is -0.488 e. The first-order valence-electron chi connectivity index (χ1n) is 9.03. The van der Waals surface area contributed by atoms with E-state index in [0.717, 1.165) is 16.7 Å². The largest absolute Gasteiger partial charge is 0.488 e. The summed E-state index contributed by atoms with van der Waals surface area (Å²) in [5.41, 5.74) is 5.37. The van der Waals surface area contributed by atoms with Crippen molar-refractivity contribution in [2.24, 2.45) is 5.10 Å². The quantitative estimate of drug-likeness (QED) is 0.433. The zero-order chi connectivity index (χ0) is 19.6. The van der Waals surface area contributed by atoms with Crippen LogP contribution in [0.4, 0.5) is 0 Å². The Hall–Kier alpha value is -3.11. The lowest BCUT2D eigenvalue weighted by molar-refractivity contribution is -0.121. The van der Waals surface area contributed by atoms with Crippen LogP contribution >= 0.6 is 11.6 Å². The molecule has 0 bridgehead atoms. The molecule has 0 heterocycles. The molecule has 0 radical (unpaired) electrons. The number of aryl methyl sites for hydroxylation is 1. The summed E-state index contributed by atoms with van der Waals surface area (Å²) < 4.78 is 5.88. The average molecular weight is 393 g/mol. The number of hydrogen-bond donors (Lipinski definition) is 1. The summed E-state index contributed by atoms with van der Waals surface area (Å²) in [6.07, 6.45) is 2.65. The molecular weight excluding hydrogens is 372 g/mol. The van der Waals surface area contributed by atoms with Crippen LogP contribution in [-0.4, -0.2) is 12.1 Å². The molecule has 1 N–H and O–H groups in total. The van der Waals surface area contributed by atoms with Gasteiger partial charge in [-0.05, 0) is 30.2 Å². The van der Waals surface area contributed by atoms with Crippen LogP contribution in [0.15, 0.2) is 84.0 Å². The first-order chi connectivity index (χ1) is 13.7. The summed E-state index contributed by atoms with van der Waals surface area (Å²) in [6.45, 7) is 0.355. The lowest BCUT2D eigenvalue weighted by Gasteiger charge is -2.10. The van der Waals surface area contributed by atoms with Gasteiger partial charge in [0.25, 0.3) is 0 Å². The first kappa shape index (κ1) is 19.6. The lowest BCUT2D eigenvalue weighted by Crippen LogP contribution is -2.17. The molecule has 0 aromatic heterocycles. The number of benzene rings is 3. The highest BCUT2D eigenvalue weighted by atomic mass is 35.5. The van der Waals surface area contributed by atoms with E-state index in [1.165, 1.54) is 0 Å². The van der Waals surface area contributed by atoms with Gasteiger partial charge in [-0.1, -0.05) is 72.3 Å². The molecule has 0 aliphatic heterocycles. The number of rotatable bonds is 8. The molecule has 0 saturated carbocycles. The second-order valence-corrected chi connectivity index (χ2v) is 6.60. The number of carbonyl (C=O) groups excluding carboxylic acids is 1. The van der Waals surface area contributed by atoms with Gasteiger partial charge in [0.05, 0.1) is 6.21 Å². The van der Waals surface area contributed by atoms with Crippen LogP contribution in [-0.2, 0) is 17.8 Å². The van der Waals surface area contributed by atoms with Crippen molar-refractivity contribution in [2.45, 2.75) is 19.4 Å². The van der Waals surface area contributed by atoms with E-state index < -0.39 is 0 Å². The van der Waals surface area contributed by atoms with Crippen molar-refractivity contribution in [1.29, 1.82) is 0 Å². The molecule has 4 nitrogen and oxygen atoms in total. The Labute approximate surface area is 169 Å². The van der Waals surface area contributed by atoms with Crippen LogP contribution in [0.1, 0.15) is 23.1 Å². The van der Waals surface area contributed by atoms with Crippen molar-refractivity contribution >= 4 is 23.7 Å². The Kier molecular flexibility index (Phi) is 7.21. The van der Waals surface area contributed by atoms with Crippen molar-refractivity contribution in [3.8, 4) is 5.75 Å². The van der Waals surface area contributed by atoms with E-state index >= 15 is 0 Å². The van der Waals surface area contributed by atoms with Gasteiger partial charge < -0.3 is 4.74 Å². The fourth-order valence-electron chi connectivity index (χ4n) is 2.62. The summed E-state index contributed by atoms with van der Waals surface area (Å²) in [5.74, 6) is 0.541. The Morgan fingerprint density at radius 1 is 0.964 bits per heavy atom. The fourth-order valence-corrected chi connectivity index (χ4v) is 2.81. The van der Waals surface area contributed by atoms with Crippen LogP contribution in [0.5, 0.6) is 5.75 Å². The average Bonchev–Trinajstić information content (AvgIpc) is 2.73. The highest BCUT2D eigenvalue weighted by molar-refractivity contribution is 6.31. The van der Waals surface area contributed by atoms with Gasteiger partial charge in [-0.3, -0.25) is 4.79 Å². The molecular formula is C23H21ClN2O2. The second-order valence-electron chi connectivity index (χ2n) is 6.20. The summed E-state index contributed by atoms with van der Waals surface area (Å²) >= 11 is 6.17. The first-order valence-corrected chi connectivity index (χ1v) is 9.41. The van der Waals surface area contributed by atoms with Crippen LogP contribution in [0.3, 0.4) is 0 Å². The van der Waals surface area contributed by atoms with E-state index in [1.807, 2.05) is 78.9 Å². The summed E-state index contributed by atoms with van der Waals surface area (Å²) in [6, 6.07) is 25.0. The topological polar surface area (TPSA) is 50.7 Å². The number of nitrogens with zero attached hydrogens (tertiary/aromatic N) is 1. The van der Waals surface area contributed by atoms with E-state index in [4.69, 9.17) is 16.3 Å². The molecule has 3 rings (SSSR count). The van der Waals surface area contributed by atoms with Crippen molar-refractivity contribution in [3.63, 3.8) is 0 Å². The second kappa shape index (κ2) is 10.3. The molecule has 3 aromatic rings. The number of ether oxygens (including phenoxy) is 1. The van der Waals surface area contributed by atoms with Gasteiger partial charge in [0.2, 0.25) is 5.91 Å². The number of carbonyl (C=O) groups is 1. The third-order valence-electron chi connectivity index (χ3n) is 4.14. The molecule has 5 heteroatoms. The molecule has 0 aliphatic carbocycles. The smallest absolute Gasteiger partial charge is 0.240 e. The maximum Gasteiger partial charge on any atom is 0.240 e. The fraction of sp³-hybridized carbons (Fsp3) is 0.130. The number of para-hydroxylation sites is 1. The van der Waals surface area contributed by atoms with E-state index in [1.54, 1.807) is 6.21 Å². The normalized spacial score (nSPS) is 10.8. The molecule has 0 saturated heterocycles. The maximum atomic E-state index is 12.0. The zero-order valence-corrected chi connectivity index (χ0v) is 16.1. The maximum absolute atomic E-state index is 12.0. The molecule has 0 atom stereocenters. The van der Waals surface area contributed by atoms with Crippen LogP contribution in [0.25, 0.3) is 0 Å². The molecule has 3 aromatic carbocycles. The third-order valence-corrected chi connectivity index (χ3v) is 4.51. The van der Waals surface area contributed by atoms with Crippen molar-refractivity contribution in [1.82, 2.24) is 5.43 Å². The minimum atomic E-state index is -0.130. The molecule has 142 valence electrons. The van der Waals surface area contributed by atoms with Gasteiger partial charge in [-0.25, -0.2) is 5.43 Å². The predicted molar refractivity (Wildman–Crippen MR) is 113 cm³/mol. The van der Waals surface area contributed by atoms with Gasteiger partial charge in [0.1, 0.15) is 12.4 Å². The highest BCUT2D eigenvalue weighted by Crippen LogP contribution is 2.20. The minimum absolute atomic E-state index is 0.130. The summed E-state index contributed by atoms with van der Waals surface area (Å²) in [5, 5.41) is 4.72. The molecule has 1 amide bonds. The zero-order valence-electron chi connectivity index (χ0n) is 15.3. The van der Waals surface area contributed by atoms with E-state index in [-0.39, 0.29) is 5.91 Å².